The van der Waals surface area contributed by atoms with Crippen LogP contribution in [0.25, 0.3) is 0 Å². The van der Waals surface area contributed by atoms with Gasteiger partial charge in [-0.1, -0.05) is 19.9 Å². The third-order valence-electron chi connectivity index (χ3n) is 2.55. The van der Waals surface area contributed by atoms with E-state index in [1.165, 1.54) is 6.07 Å². The quantitative estimate of drug-likeness (QED) is 0.592. The standard InChI is InChI=1S/C13H19ClO3S/c1-10(2)5-4-8-17-12-7-6-11(3)9-13(12)18(14,15)16/h6-7,9-10H,4-5,8H2,1-3H3. The molecule has 18 heavy (non-hydrogen) atoms. The van der Waals surface area contributed by atoms with E-state index in [4.69, 9.17) is 15.4 Å². The molecule has 0 atom stereocenters. The van der Waals surface area contributed by atoms with E-state index in [0.717, 1.165) is 18.4 Å². The minimum absolute atomic E-state index is 0.0497. The lowest BCUT2D eigenvalue weighted by Crippen LogP contribution is -2.03. The van der Waals surface area contributed by atoms with Crippen LogP contribution in [0.15, 0.2) is 23.1 Å². The van der Waals surface area contributed by atoms with Gasteiger partial charge in [0.05, 0.1) is 6.61 Å². The van der Waals surface area contributed by atoms with E-state index in [0.29, 0.717) is 18.3 Å². The van der Waals surface area contributed by atoms with Gasteiger partial charge in [0.15, 0.2) is 0 Å². The number of hydrogen-bond donors (Lipinski definition) is 0. The molecule has 102 valence electrons. The SMILES string of the molecule is Cc1ccc(OCCCC(C)C)c(S(=O)(=O)Cl)c1. The van der Waals surface area contributed by atoms with Gasteiger partial charge in [0.25, 0.3) is 9.05 Å². The molecule has 0 aliphatic carbocycles. The fraction of sp³-hybridized carbons (Fsp3) is 0.538. The Morgan fingerprint density at radius 2 is 2.00 bits per heavy atom. The molecule has 1 aromatic carbocycles. The molecule has 0 amide bonds. The summed E-state index contributed by atoms with van der Waals surface area (Å²) in [6.45, 7) is 6.59. The molecule has 3 nitrogen and oxygen atoms in total. The summed E-state index contributed by atoms with van der Waals surface area (Å²) in [6.07, 6.45) is 1.95. The average Bonchev–Trinajstić information content (AvgIpc) is 2.24. The van der Waals surface area contributed by atoms with Gasteiger partial charge in [0.1, 0.15) is 10.6 Å². The fourth-order valence-electron chi connectivity index (χ4n) is 1.60. The summed E-state index contributed by atoms with van der Waals surface area (Å²) in [4.78, 5) is 0.0497. The van der Waals surface area contributed by atoms with Crippen LogP contribution in [0.1, 0.15) is 32.3 Å². The maximum absolute atomic E-state index is 11.4. The highest BCUT2D eigenvalue weighted by molar-refractivity contribution is 8.13. The van der Waals surface area contributed by atoms with E-state index in [1.807, 2.05) is 13.0 Å². The van der Waals surface area contributed by atoms with Crippen molar-refractivity contribution in [3.05, 3.63) is 23.8 Å². The molecule has 5 heteroatoms. The highest BCUT2D eigenvalue weighted by atomic mass is 35.7. The van der Waals surface area contributed by atoms with Crippen LogP contribution < -0.4 is 4.74 Å². The molecule has 1 aromatic rings. The van der Waals surface area contributed by atoms with Gasteiger partial charge < -0.3 is 4.74 Å². The number of halogens is 1. The summed E-state index contributed by atoms with van der Waals surface area (Å²) in [7, 11) is 1.63. The molecule has 0 spiro atoms. The summed E-state index contributed by atoms with van der Waals surface area (Å²) in [6, 6.07) is 4.99. The molecule has 1 rings (SSSR count). The van der Waals surface area contributed by atoms with Gasteiger partial charge in [0, 0.05) is 10.7 Å². The first-order chi connectivity index (χ1) is 8.30. The second-order valence-electron chi connectivity index (χ2n) is 4.77. The highest BCUT2D eigenvalue weighted by Gasteiger charge is 2.17. The molecule has 0 heterocycles. The van der Waals surface area contributed by atoms with Crippen molar-refractivity contribution in [2.45, 2.75) is 38.5 Å². The summed E-state index contributed by atoms with van der Waals surface area (Å²) in [5.41, 5.74) is 0.837. The first-order valence-electron chi connectivity index (χ1n) is 5.99. The summed E-state index contributed by atoms with van der Waals surface area (Å²) in [5, 5.41) is 0. The molecule has 0 aromatic heterocycles. The molecule has 0 aliphatic rings. The number of hydrogen-bond acceptors (Lipinski definition) is 3. The van der Waals surface area contributed by atoms with Crippen molar-refractivity contribution in [2.75, 3.05) is 6.61 Å². The Bertz CT molecular complexity index is 495. The molecular formula is C13H19ClO3S. The highest BCUT2D eigenvalue weighted by Crippen LogP contribution is 2.28. The van der Waals surface area contributed by atoms with Crippen molar-refractivity contribution < 1.29 is 13.2 Å². The molecule has 0 bridgehead atoms. The van der Waals surface area contributed by atoms with Crippen LogP contribution in [0.3, 0.4) is 0 Å². The van der Waals surface area contributed by atoms with E-state index in [2.05, 4.69) is 13.8 Å². The Labute approximate surface area is 114 Å². The van der Waals surface area contributed by atoms with Crippen molar-refractivity contribution in [3.8, 4) is 5.75 Å². The van der Waals surface area contributed by atoms with Crippen molar-refractivity contribution in [1.82, 2.24) is 0 Å². The molecule has 0 fully saturated rings. The Morgan fingerprint density at radius 1 is 1.33 bits per heavy atom. The van der Waals surface area contributed by atoms with Gasteiger partial charge in [0.2, 0.25) is 0 Å². The summed E-state index contributed by atoms with van der Waals surface area (Å²) < 4.78 is 28.4. The zero-order chi connectivity index (χ0) is 13.8. The third kappa shape index (κ3) is 4.86. The second-order valence-corrected chi connectivity index (χ2v) is 7.31. The topological polar surface area (TPSA) is 43.4 Å². The number of benzene rings is 1. The van der Waals surface area contributed by atoms with Crippen molar-refractivity contribution in [1.29, 1.82) is 0 Å². The average molecular weight is 291 g/mol. The van der Waals surface area contributed by atoms with Crippen LogP contribution in [0, 0.1) is 12.8 Å². The Hall–Kier alpha value is -0.740. The smallest absolute Gasteiger partial charge is 0.264 e. The van der Waals surface area contributed by atoms with E-state index in [1.54, 1.807) is 6.07 Å². The fourth-order valence-corrected chi connectivity index (χ4v) is 2.65. The molecule has 0 saturated carbocycles. The van der Waals surface area contributed by atoms with Crippen LogP contribution >= 0.6 is 10.7 Å². The lowest BCUT2D eigenvalue weighted by Gasteiger charge is -2.11. The minimum atomic E-state index is -3.76. The van der Waals surface area contributed by atoms with Crippen LogP contribution in [0.4, 0.5) is 0 Å². The monoisotopic (exact) mass is 290 g/mol. The van der Waals surface area contributed by atoms with Gasteiger partial charge in [-0.15, -0.1) is 0 Å². The predicted molar refractivity (Wildman–Crippen MR) is 73.8 cm³/mol. The largest absolute Gasteiger partial charge is 0.492 e. The molecule has 0 N–H and O–H groups in total. The number of aryl methyl sites for hydroxylation is 1. The van der Waals surface area contributed by atoms with Crippen LogP contribution in [-0.2, 0) is 9.05 Å². The van der Waals surface area contributed by atoms with Gasteiger partial charge in [-0.25, -0.2) is 8.42 Å². The zero-order valence-corrected chi connectivity index (χ0v) is 12.5. The maximum atomic E-state index is 11.4. The Balaban J connectivity index is 2.77. The third-order valence-corrected chi connectivity index (χ3v) is 3.89. The zero-order valence-electron chi connectivity index (χ0n) is 10.9. The van der Waals surface area contributed by atoms with Gasteiger partial charge in [-0.3, -0.25) is 0 Å². The molecule has 0 saturated heterocycles. The normalized spacial score (nSPS) is 11.8. The van der Waals surface area contributed by atoms with E-state index < -0.39 is 9.05 Å². The Morgan fingerprint density at radius 3 is 2.56 bits per heavy atom. The van der Waals surface area contributed by atoms with Crippen LogP contribution in [0.5, 0.6) is 5.75 Å². The first-order valence-corrected chi connectivity index (χ1v) is 8.29. The molecule has 0 aliphatic heterocycles. The number of rotatable bonds is 6. The lowest BCUT2D eigenvalue weighted by atomic mass is 10.1. The van der Waals surface area contributed by atoms with Crippen molar-refractivity contribution in [3.63, 3.8) is 0 Å². The summed E-state index contributed by atoms with van der Waals surface area (Å²) in [5.74, 6) is 0.946. The Kier molecular flexibility index (Phi) is 5.47. The predicted octanol–water partition coefficient (Wildman–Crippen LogP) is 3.74. The van der Waals surface area contributed by atoms with E-state index in [-0.39, 0.29) is 4.90 Å². The molecular weight excluding hydrogens is 272 g/mol. The minimum Gasteiger partial charge on any atom is -0.492 e. The van der Waals surface area contributed by atoms with Crippen LogP contribution in [0.2, 0.25) is 0 Å². The molecule has 0 radical (unpaired) electrons. The lowest BCUT2D eigenvalue weighted by molar-refractivity contribution is 0.291. The van der Waals surface area contributed by atoms with E-state index in [9.17, 15) is 8.42 Å². The van der Waals surface area contributed by atoms with Gasteiger partial charge in [-0.2, -0.15) is 0 Å². The number of ether oxygens (including phenoxy) is 1. The van der Waals surface area contributed by atoms with Crippen molar-refractivity contribution >= 4 is 19.7 Å². The van der Waals surface area contributed by atoms with Crippen molar-refractivity contribution in [2.24, 2.45) is 5.92 Å². The van der Waals surface area contributed by atoms with Crippen LogP contribution in [-0.4, -0.2) is 15.0 Å². The summed E-state index contributed by atoms with van der Waals surface area (Å²) >= 11 is 0. The first kappa shape index (κ1) is 15.3. The second kappa shape index (κ2) is 6.43. The maximum Gasteiger partial charge on any atom is 0.264 e. The molecule has 0 unspecified atom stereocenters. The van der Waals surface area contributed by atoms with Gasteiger partial charge in [-0.05, 0) is 43.4 Å². The van der Waals surface area contributed by atoms with Gasteiger partial charge >= 0.3 is 0 Å². The van der Waals surface area contributed by atoms with E-state index >= 15 is 0 Å².